The van der Waals surface area contributed by atoms with Gasteiger partial charge in [-0.25, -0.2) is 9.78 Å². The maximum atomic E-state index is 11.5. The van der Waals surface area contributed by atoms with E-state index < -0.39 is 13.1 Å². The van der Waals surface area contributed by atoms with E-state index in [0.29, 0.717) is 12.4 Å². The first-order valence-electron chi connectivity index (χ1n) is 9.78. The van der Waals surface area contributed by atoms with Crippen LogP contribution < -0.4 is 16.1 Å². The highest BCUT2D eigenvalue weighted by molar-refractivity contribution is 6.62. The SMILES string of the molecule is C1COCCO1.CC1(C)OB(c2cnc3c(c2)CCCN3C(N)=O)OC1(C)C. The van der Waals surface area contributed by atoms with Crippen molar-refractivity contribution in [2.75, 3.05) is 37.9 Å². The van der Waals surface area contributed by atoms with E-state index >= 15 is 0 Å². The molecule has 2 saturated heterocycles. The second-order valence-electron chi connectivity index (χ2n) is 8.16. The molecule has 0 unspecified atom stereocenters. The number of pyridine rings is 1. The minimum atomic E-state index is -0.461. The number of aromatic nitrogens is 1. The van der Waals surface area contributed by atoms with Crippen LogP contribution in [0.15, 0.2) is 12.3 Å². The van der Waals surface area contributed by atoms with Gasteiger partial charge >= 0.3 is 13.1 Å². The molecule has 4 heterocycles. The summed E-state index contributed by atoms with van der Waals surface area (Å²) in [5, 5.41) is 0. The Morgan fingerprint density at radius 3 is 2.18 bits per heavy atom. The van der Waals surface area contributed by atoms with Gasteiger partial charge < -0.3 is 24.5 Å². The third kappa shape index (κ3) is 4.48. The van der Waals surface area contributed by atoms with Gasteiger partial charge in [0.15, 0.2) is 0 Å². The fourth-order valence-corrected chi connectivity index (χ4v) is 3.24. The third-order valence-corrected chi connectivity index (χ3v) is 5.58. The first-order valence-corrected chi connectivity index (χ1v) is 9.78. The highest BCUT2D eigenvalue weighted by Gasteiger charge is 2.52. The van der Waals surface area contributed by atoms with Crippen molar-refractivity contribution in [2.45, 2.75) is 51.7 Å². The van der Waals surface area contributed by atoms with Gasteiger partial charge in [-0.15, -0.1) is 0 Å². The fourth-order valence-electron chi connectivity index (χ4n) is 3.24. The number of nitrogens with two attached hydrogens (primary N) is 1. The Labute approximate surface area is 166 Å². The molecule has 0 aromatic carbocycles. The van der Waals surface area contributed by atoms with E-state index in [4.69, 9.17) is 24.5 Å². The Morgan fingerprint density at radius 1 is 1.11 bits per heavy atom. The monoisotopic (exact) mass is 391 g/mol. The van der Waals surface area contributed by atoms with E-state index in [0.717, 1.165) is 50.3 Å². The Hall–Kier alpha value is -1.68. The Balaban J connectivity index is 0.000000320. The molecule has 1 aromatic heterocycles. The number of rotatable bonds is 1. The molecule has 3 aliphatic rings. The average molecular weight is 391 g/mol. The van der Waals surface area contributed by atoms with Crippen molar-refractivity contribution in [2.24, 2.45) is 5.73 Å². The lowest BCUT2D eigenvalue weighted by molar-refractivity contribution is -0.0334. The molecule has 2 fully saturated rings. The summed E-state index contributed by atoms with van der Waals surface area (Å²) in [7, 11) is -0.438. The average Bonchev–Trinajstić information content (AvgIpc) is 2.90. The summed E-state index contributed by atoms with van der Waals surface area (Å²) in [6, 6.07) is 1.55. The second kappa shape index (κ2) is 8.36. The molecular formula is C19H30BN3O5. The molecule has 0 spiro atoms. The largest absolute Gasteiger partial charge is 0.496 e. The molecule has 28 heavy (non-hydrogen) atoms. The molecule has 8 nitrogen and oxygen atoms in total. The molecule has 2 amide bonds. The smallest absolute Gasteiger partial charge is 0.399 e. The summed E-state index contributed by atoms with van der Waals surface area (Å²) in [5.41, 5.74) is 6.54. The van der Waals surface area contributed by atoms with E-state index in [9.17, 15) is 4.79 Å². The number of hydrogen-bond acceptors (Lipinski definition) is 6. The maximum absolute atomic E-state index is 11.5. The van der Waals surface area contributed by atoms with Crippen LogP contribution in [0.5, 0.6) is 0 Å². The number of primary amides is 1. The van der Waals surface area contributed by atoms with Crippen LogP contribution in [0.1, 0.15) is 39.7 Å². The summed E-state index contributed by atoms with van der Waals surface area (Å²) in [6.45, 7) is 11.8. The predicted molar refractivity (Wildman–Crippen MR) is 107 cm³/mol. The quantitative estimate of drug-likeness (QED) is 0.724. The molecule has 0 atom stereocenters. The minimum absolute atomic E-state index is 0.382. The Kier molecular flexibility index (Phi) is 6.29. The normalized spacial score (nSPS) is 22.9. The Bertz CT molecular complexity index is 681. The number of fused-ring (bicyclic) bond motifs is 1. The summed E-state index contributed by atoms with van der Waals surface area (Å²) in [4.78, 5) is 17.4. The van der Waals surface area contributed by atoms with Crippen molar-refractivity contribution >= 4 is 24.4 Å². The van der Waals surface area contributed by atoms with Crippen LogP contribution in [0.3, 0.4) is 0 Å². The van der Waals surface area contributed by atoms with E-state index in [1.165, 1.54) is 4.90 Å². The first-order chi connectivity index (χ1) is 13.2. The zero-order valence-electron chi connectivity index (χ0n) is 17.2. The van der Waals surface area contributed by atoms with Crippen LogP contribution >= 0.6 is 0 Å². The molecule has 0 saturated carbocycles. The fraction of sp³-hybridized carbons (Fsp3) is 0.684. The van der Waals surface area contributed by atoms with Gasteiger partial charge in [-0.3, -0.25) is 4.90 Å². The highest BCUT2D eigenvalue weighted by Crippen LogP contribution is 2.36. The number of urea groups is 1. The van der Waals surface area contributed by atoms with E-state index in [1.54, 1.807) is 6.20 Å². The molecule has 0 aliphatic carbocycles. The van der Waals surface area contributed by atoms with Crippen molar-refractivity contribution in [3.63, 3.8) is 0 Å². The van der Waals surface area contributed by atoms with E-state index in [2.05, 4.69) is 4.98 Å². The number of ether oxygens (including phenoxy) is 2. The van der Waals surface area contributed by atoms with Crippen LogP contribution in [0.2, 0.25) is 0 Å². The minimum Gasteiger partial charge on any atom is -0.399 e. The van der Waals surface area contributed by atoms with Crippen LogP contribution in [0, 0.1) is 0 Å². The van der Waals surface area contributed by atoms with Crippen LogP contribution in [-0.2, 0) is 25.2 Å². The van der Waals surface area contributed by atoms with Crippen molar-refractivity contribution in [1.29, 1.82) is 0 Å². The second-order valence-corrected chi connectivity index (χ2v) is 8.16. The molecule has 154 valence electrons. The number of nitrogens with zero attached hydrogens (tertiary/aromatic N) is 2. The van der Waals surface area contributed by atoms with E-state index in [-0.39, 0.29) is 11.2 Å². The van der Waals surface area contributed by atoms with Gasteiger partial charge in [-0.1, -0.05) is 6.07 Å². The lowest BCUT2D eigenvalue weighted by Crippen LogP contribution is -2.41. The lowest BCUT2D eigenvalue weighted by atomic mass is 9.79. The van der Waals surface area contributed by atoms with Crippen molar-refractivity contribution in [3.05, 3.63) is 17.8 Å². The number of anilines is 1. The number of carbonyl (C=O) groups is 1. The zero-order valence-corrected chi connectivity index (χ0v) is 17.2. The standard InChI is InChI=1S/C15H22BN3O3.C4H8O2/c1-14(2)15(3,4)22-16(21-14)11-8-10-6-5-7-19(13(17)20)12(10)18-9-11;1-2-6-4-3-5-1/h8-9H,5-7H2,1-4H3,(H2,17,20);1-4H2. The van der Waals surface area contributed by atoms with Gasteiger partial charge in [-0.2, -0.15) is 0 Å². The van der Waals surface area contributed by atoms with Gasteiger partial charge in [-0.05, 0) is 46.1 Å². The zero-order chi connectivity index (χ0) is 20.4. The highest BCUT2D eigenvalue weighted by atomic mass is 16.7. The number of aryl methyl sites for hydroxylation is 1. The van der Waals surface area contributed by atoms with Gasteiger partial charge in [0, 0.05) is 18.2 Å². The predicted octanol–water partition coefficient (Wildman–Crippen LogP) is 1.25. The summed E-state index contributed by atoms with van der Waals surface area (Å²) in [6.07, 6.45) is 3.46. The van der Waals surface area contributed by atoms with Gasteiger partial charge in [0.05, 0.1) is 37.6 Å². The first kappa shape index (κ1) is 21.0. The van der Waals surface area contributed by atoms with Gasteiger partial charge in [0.2, 0.25) is 0 Å². The summed E-state index contributed by atoms with van der Waals surface area (Å²) in [5.74, 6) is 0.652. The van der Waals surface area contributed by atoms with Gasteiger partial charge in [0.1, 0.15) is 5.82 Å². The number of amides is 2. The molecule has 2 N–H and O–H groups in total. The van der Waals surface area contributed by atoms with Crippen molar-refractivity contribution in [3.8, 4) is 0 Å². The van der Waals surface area contributed by atoms with Crippen LogP contribution in [0.25, 0.3) is 0 Å². The summed E-state index contributed by atoms with van der Waals surface area (Å²) >= 11 is 0. The van der Waals surface area contributed by atoms with Crippen LogP contribution in [-0.4, -0.2) is 62.3 Å². The lowest BCUT2D eigenvalue weighted by Gasteiger charge is -2.32. The molecule has 3 aliphatic heterocycles. The molecular weight excluding hydrogens is 361 g/mol. The van der Waals surface area contributed by atoms with Gasteiger partial charge in [0.25, 0.3) is 0 Å². The van der Waals surface area contributed by atoms with Crippen molar-refractivity contribution < 1.29 is 23.6 Å². The molecule has 0 radical (unpaired) electrons. The number of hydrogen-bond donors (Lipinski definition) is 1. The van der Waals surface area contributed by atoms with Crippen LogP contribution in [0.4, 0.5) is 10.6 Å². The molecule has 9 heteroatoms. The summed E-state index contributed by atoms with van der Waals surface area (Å²) < 4.78 is 22.0. The third-order valence-electron chi connectivity index (χ3n) is 5.58. The topological polar surface area (TPSA) is 96.1 Å². The number of carbonyl (C=O) groups excluding carboxylic acids is 1. The molecule has 1 aromatic rings. The maximum Gasteiger partial charge on any atom is 0.496 e. The van der Waals surface area contributed by atoms with E-state index in [1.807, 2.05) is 33.8 Å². The van der Waals surface area contributed by atoms with Crippen molar-refractivity contribution in [1.82, 2.24) is 4.98 Å². The molecule has 4 rings (SSSR count). The molecule has 0 bridgehead atoms. The Morgan fingerprint density at radius 2 is 1.68 bits per heavy atom.